The lowest BCUT2D eigenvalue weighted by molar-refractivity contribution is -0.698. The third kappa shape index (κ3) is 17.1. The van der Waals surface area contributed by atoms with Gasteiger partial charge in [0.15, 0.2) is 0 Å². The fourth-order valence-corrected chi connectivity index (χ4v) is 1.58. The first-order valence-corrected chi connectivity index (χ1v) is 6.79. The van der Waals surface area contributed by atoms with Gasteiger partial charge in [-0.1, -0.05) is 58.3 Å². The molecule has 0 bridgehead atoms. The minimum atomic E-state index is -1.64. The molecule has 114 valence electrons. The second kappa shape index (κ2) is 15.2. The van der Waals surface area contributed by atoms with Crippen molar-refractivity contribution >= 4 is 6.16 Å². The first kappa shape index (κ1) is 18.1. The van der Waals surface area contributed by atoms with Crippen molar-refractivity contribution in [3.8, 4) is 0 Å². The number of unbranched alkanes of at least 4 members (excludes halogenated alkanes) is 8. The van der Waals surface area contributed by atoms with E-state index in [2.05, 4.69) is 31.8 Å². The van der Waals surface area contributed by atoms with Gasteiger partial charge in [-0.25, -0.2) is 14.6 Å². The number of carbonyl (C=O) groups is 1. The van der Waals surface area contributed by atoms with Crippen LogP contribution in [0.15, 0.2) is 0 Å². The van der Waals surface area contributed by atoms with Crippen molar-refractivity contribution < 1.29 is 34.8 Å². The summed E-state index contributed by atoms with van der Waals surface area (Å²) in [6, 6.07) is 0. The van der Waals surface area contributed by atoms with Crippen molar-refractivity contribution in [1.29, 1.82) is 0 Å². The lowest BCUT2D eigenvalue weighted by Gasteiger charge is -2.02. The van der Waals surface area contributed by atoms with Gasteiger partial charge >= 0.3 is 6.16 Å². The first-order valence-electron chi connectivity index (χ1n) is 6.79. The SMILES string of the molecule is CCCCCCCCCCCOOOOOC(=O)O. The lowest BCUT2D eigenvalue weighted by Crippen LogP contribution is -2.04. The Morgan fingerprint density at radius 2 is 1.42 bits per heavy atom. The first-order chi connectivity index (χ1) is 9.27. The number of hydrogen-bond donors (Lipinski definition) is 1. The molecule has 0 unspecified atom stereocenters. The summed E-state index contributed by atoms with van der Waals surface area (Å²) in [5.41, 5.74) is 0. The number of rotatable bonds is 14. The predicted molar refractivity (Wildman–Crippen MR) is 65.5 cm³/mol. The van der Waals surface area contributed by atoms with E-state index in [4.69, 9.17) is 5.11 Å². The van der Waals surface area contributed by atoms with E-state index < -0.39 is 6.16 Å². The van der Waals surface area contributed by atoms with Crippen LogP contribution in [-0.2, 0) is 24.9 Å². The maximum atomic E-state index is 9.79. The summed E-state index contributed by atoms with van der Waals surface area (Å²) in [6.07, 6.45) is 9.25. The molecule has 1 N–H and O–H groups in total. The molecule has 0 aromatic heterocycles. The van der Waals surface area contributed by atoms with Crippen molar-refractivity contribution in [3.05, 3.63) is 0 Å². The van der Waals surface area contributed by atoms with Crippen LogP contribution in [0.1, 0.15) is 64.7 Å². The molecule has 0 saturated carbocycles. The van der Waals surface area contributed by atoms with Gasteiger partial charge in [0.05, 0.1) is 6.61 Å². The zero-order valence-electron chi connectivity index (χ0n) is 11.5. The minimum Gasteiger partial charge on any atom is -0.448 e. The van der Waals surface area contributed by atoms with Crippen molar-refractivity contribution in [2.75, 3.05) is 6.61 Å². The molecule has 0 aliphatic carbocycles. The van der Waals surface area contributed by atoms with Crippen molar-refractivity contribution in [3.63, 3.8) is 0 Å². The van der Waals surface area contributed by atoms with E-state index >= 15 is 0 Å². The molecular weight excluding hydrogens is 256 g/mol. The standard InChI is InChI=1S/C12H24O7/c1-2-3-4-5-6-7-8-9-10-11-15-17-19-18-16-12(13)14/h2-11H2,1H3,(H,13,14). The average molecular weight is 280 g/mol. The summed E-state index contributed by atoms with van der Waals surface area (Å²) in [4.78, 5) is 17.9. The molecule has 0 saturated heterocycles. The summed E-state index contributed by atoms with van der Waals surface area (Å²) >= 11 is 0. The van der Waals surface area contributed by atoms with Gasteiger partial charge in [0.1, 0.15) is 0 Å². The van der Waals surface area contributed by atoms with Gasteiger partial charge in [-0.3, -0.25) is 0 Å². The highest BCUT2D eigenvalue weighted by Gasteiger charge is 1.99. The van der Waals surface area contributed by atoms with Crippen LogP contribution in [0.5, 0.6) is 0 Å². The Morgan fingerprint density at radius 1 is 0.842 bits per heavy atom. The Kier molecular flexibility index (Phi) is 14.5. The van der Waals surface area contributed by atoms with Gasteiger partial charge in [-0.2, -0.15) is 0 Å². The third-order valence-corrected chi connectivity index (χ3v) is 2.54. The summed E-state index contributed by atoms with van der Waals surface area (Å²) in [7, 11) is 0. The zero-order valence-corrected chi connectivity index (χ0v) is 11.5. The average Bonchev–Trinajstić information content (AvgIpc) is 2.39. The van der Waals surface area contributed by atoms with Gasteiger partial charge in [0.2, 0.25) is 0 Å². The minimum absolute atomic E-state index is 0.353. The van der Waals surface area contributed by atoms with Crippen LogP contribution < -0.4 is 0 Å². The summed E-state index contributed by atoms with van der Waals surface area (Å²) in [5.74, 6) is 0. The van der Waals surface area contributed by atoms with Crippen LogP contribution in [0, 0.1) is 0 Å². The topological polar surface area (TPSA) is 83.5 Å². The zero-order chi connectivity index (χ0) is 14.2. The molecule has 0 heterocycles. The Bertz CT molecular complexity index is 199. The Hall–Kier alpha value is -0.890. The number of carboxylic acid groups (broad SMARTS) is 1. The van der Waals surface area contributed by atoms with E-state index in [9.17, 15) is 4.79 Å². The Balaban J connectivity index is 2.93. The molecule has 7 nitrogen and oxygen atoms in total. The van der Waals surface area contributed by atoms with Gasteiger partial charge < -0.3 is 5.11 Å². The molecule has 0 aromatic rings. The molecule has 0 rings (SSSR count). The Labute approximate surface area is 113 Å². The fraction of sp³-hybridized carbons (Fsp3) is 0.917. The van der Waals surface area contributed by atoms with Crippen LogP contribution in [0.4, 0.5) is 4.79 Å². The molecule has 0 aromatic carbocycles. The van der Waals surface area contributed by atoms with E-state index in [-0.39, 0.29) is 0 Å². The predicted octanol–water partition coefficient (Wildman–Crippen LogP) is 3.94. The molecule has 0 radical (unpaired) electrons. The molecule has 7 heteroatoms. The Morgan fingerprint density at radius 3 is 2.00 bits per heavy atom. The van der Waals surface area contributed by atoms with Crippen LogP contribution in [-0.4, -0.2) is 17.9 Å². The quantitative estimate of drug-likeness (QED) is 0.293. The second-order valence-corrected chi connectivity index (χ2v) is 4.20. The molecule has 0 atom stereocenters. The third-order valence-electron chi connectivity index (χ3n) is 2.54. The molecule has 19 heavy (non-hydrogen) atoms. The van der Waals surface area contributed by atoms with Crippen LogP contribution in [0.3, 0.4) is 0 Å². The maximum Gasteiger partial charge on any atom is 0.540 e. The van der Waals surface area contributed by atoms with E-state index in [1.54, 1.807) is 0 Å². The van der Waals surface area contributed by atoms with Crippen molar-refractivity contribution in [2.24, 2.45) is 0 Å². The summed E-state index contributed by atoms with van der Waals surface area (Å²) in [6.45, 7) is 2.57. The molecular formula is C12H24O7. The summed E-state index contributed by atoms with van der Waals surface area (Å²) < 4.78 is 0. The van der Waals surface area contributed by atoms with Gasteiger partial charge in [0, 0.05) is 10.1 Å². The molecule has 0 spiro atoms. The monoisotopic (exact) mass is 280 g/mol. The highest BCUT2D eigenvalue weighted by molar-refractivity contribution is 5.55. The summed E-state index contributed by atoms with van der Waals surface area (Å²) in [5, 5.41) is 19.5. The normalized spacial score (nSPS) is 10.6. The maximum absolute atomic E-state index is 9.79. The lowest BCUT2D eigenvalue weighted by atomic mass is 10.1. The van der Waals surface area contributed by atoms with Gasteiger partial charge in [-0.05, 0) is 11.5 Å². The smallest absolute Gasteiger partial charge is 0.448 e. The molecule has 0 amide bonds. The van der Waals surface area contributed by atoms with Crippen molar-refractivity contribution in [2.45, 2.75) is 64.7 Å². The van der Waals surface area contributed by atoms with E-state index in [1.165, 1.54) is 44.9 Å². The fourth-order valence-electron chi connectivity index (χ4n) is 1.58. The molecule has 0 fully saturated rings. The van der Waals surface area contributed by atoms with Crippen LogP contribution in [0.2, 0.25) is 0 Å². The van der Waals surface area contributed by atoms with E-state index in [0.717, 1.165) is 12.8 Å². The largest absolute Gasteiger partial charge is 0.540 e. The van der Waals surface area contributed by atoms with Crippen LogP contribution >= 0.6 is 0 Å². The van der Waals surface area contributed by atoms with Gasteiger partial charge in [-0.15, -0.1) is 0 Å². The second-order valence-electron chi connectivity index (χ2n) is 4.20. The molecule has 0 aliphatic heterocycles. The number of hydrogen-bond acceptors (Lipinski definition) is 6. The van der Waals surface area contributed by atoms with Gasteiger partial charge in [0.25, 0.3) is 0 Å². The van der Waals surface area contributed by atoms with E-state index in [0.29, 0.717) is 6.61 Å². The van der Waals surface area contributed by atoms with E-state index in [1.807, 2.05) is 0 Å². The van der Waals surface area contributed by atoms with Crippen LogP contribution in [0.25, 0.3) is 0 Å². The molecule has 0 aliphatic rings. The highest BCUT2D eigenvalue weighted by atomic mass is 17.8. The van der Waals surface area contributed by atoms with Crippen molar-refractivity contribution in [1.82, 2.24) is 0 Å². The highest BCUT2D eigenvalue weighted by Crippen LogP contribution is 2.09.